The summed E-state index contributed by atoms with van der Waals surface area (Å²) in [5.41, 5.74) is 3.06. The van der Waals surface area contributed by atoms with Crippen LogP contribution in [-0.2, 0) is 0 Å². The van der Waals surface area contributed by atoms with Crippen molar-refractivity contribution in [1.29, 1.82) is 0 Å². The Morgan fingerprint density at radius 1 is 1.03 bits per heavy atom. The summed E-state index contributed by atoms with van der Waals surface area (Å²) in [6.07, 6.45) is 6.03. The third kappa shape index (κ3) is 4.93. The minimum absolute atomic E-state index is 0.000340. The van der Waals surface area contributed by atoms with Gasteiger partial charge >= 0.3 is 0 Å². The monoisotopic (exact) mass is 468 g/mol. The highest BCUT2D eigenvalue weighted by Gasteiger charge is 2.24. The van der Waals surface area contributed by atoms with Gasteiger partial charge in [-0.15, -0.1) is 0 Å². The molecular weight excluding hydrogens is 436 g/mol. The first kappa shape index (κ1) is 23.1. The number of amides is 1. The van der Waals surface area contributed by atoms with Gasteiger partial charge in [-0.25, -0.2) is 4.98 Å². The first-order valence-corrected chi connectivity index (χ1v) is 12.2. The van der Waals surface area contributed by atoms with E-state index < -0.39 is 0 Å². The largest absolute Gasteiger partial charge is 0.489 e. The van der Waals surface area contributed by atoms with Crippen LogP contribution in [0, 0.1) is 0 Å². The van der Waals surface area contributed by atoms with E-state index in [2.05, 4.69) is 47.1 Å². The summed E-state index contributed by atoms with van der Waals surface area (Å²) in [6.45, 7) is 4.34. The average Bonchev–Trinajstić information content (AvgIpc) is 3.32. The second-order valence-electron chi connectivity index (χ2n) is 9.45. The van der Waals surface area contributed by atoms with Crippen LogP contribution in [0.15, 0.2) is 79.1 Å². The number of hydrogen-bond acceptors (Lipinski definition) is 4. The van der Waals surface area contributed by atoms with Crippen LogP contribution < -0.4 is 4.74 Å². The van der Waals surface area contributed by atoms with Gasteiger partial charge < -0.3 is 14.2 Å². The highest BCUT2D eigenvalue weighted by Crippen LogP contribution is 2.27. The van der Waals surface area contributed by atoms with Crippen LogP contribution >= 0.6 is 0 Å². The molecule has 0 bridgehead atoms. The Hall–Kier alpha value is -3.64. The summed E-state index contributed by atoms with van der Waals surface area (Å²) in [4.78, 5) is 21.1. The molecule has 0 radical (unpaired) electrons. The molecular formula is C29H32N4O2. The van der Waals surface area contributed by atoms with Crippen LogP contribution in [0.25, 0.3) is 16.7 Å². The SMILES string of the molecule is CC(c1ccccc1)N1CCC(Oc2ccc(-n3ccc4cc(C(=O)N(C)C)ccc43)nc2)CC1. The topological polar surface area (TPSA) is 50.6 Å². The lowest BCUT2D eigenvalue weighted by molar-refractivity contribution is 0.0795. The van der Waals surface area contributed by atoms with Crippen LogP contribution in [-0.4, -0.2) is 58.5 Å². The van der Waals surface area contributed by atoms with Gasteiger partial charge in [0, 0.05) is 50.4 Å². The van der Waals surface area contributed by atoms with Gasteiger partial charge in [-0.3, -0.25) is 9.69 Å². The van der Waals surface area contributed by atoms with Crippen LogP contribution in [0.1, 0.15) is 41.7 Å². The third-order valence-electron chi connectivity index (χ3n) is 6.92. The zero-order chi connectivity index (χ0) is 24.4. The quantitative estimate of drug-likeness (QED) is 0.384. The molecule has 1 aliphatic rings. The van der Waals surface area contributed by atoms with Crippen molar-refractivity contribution in [3.63, 3.8) is 0 Å². The molecule has 1 unspecified atom stereocenters. The molecule has 1 amide bonds. The molecule has 0 aliphatic carbocycles. The van der Waals surface area contributed by atoms with Crippen molar-refractivity contribution in [2.45, 2.75) is 31.9 Å². The van der Waals surface area contributed by atoms with Crippen molar-refractivity contribution in [1.82, 2.24) is 19.4 Å². The molecule has 1 fully saturated rings. The van der Waals surface area contributed by atoms with Crippen LogP contribution in [0.2, 0.25) is 0 Å². The summed E-state index contributed by atoms with van der Waals surface area (Å²) in [6, 6.07) is 22.9. The fourth-order valence-corrected chi connectivity index (χ4v) is 4.83. The summed E-state index contributed by atoms with van der Waals surface area (Å²) >= 11 is 0. The smallest absolute Gasteiger partial charge is 0.253 e. The minimum atomic E-state index is -0.000340. The maximum atomic E-state index is 12.3. The van der Waals surface area contributed by atoms with Crippen molar-refractivity contribution in [3.05, 3.63) is 90.3 Å². The van der Waals surface area contributed by atoms with E-state index in [1.165, 1.54) is 5.56 Å². The van der Waals surface area contributed by atoms with Gasteiger partial charge in [-0.2, -0.15) is 0 Å². The van der Waals surface area contributed by atoms with Gasteiger partial charge in [0.15, 0.2) is 0 Å². The second-order valence-corrected chi connectivity index (χ2v) is 9.45. The van der Waals surface area contributed by atoms with Crippen molar-refractivity contribution < 1.29 is 9.53 Å². The molecule has 0 spiro atoms. The predicted molar refractivity (Wildman–Crippen MR) is 139 cm³/mol. The first-order chi connectivity index (χ1) is 17.0. The molecule has 6 heteroatoms. The molecule has 1 saturated heterocycles. The average molecular weight is 469 g/mol. The summed E-state index contributed by atoms with van der Waals surface area (Å²) in [7, 11) is 3.53. The minimum Gasteiger partial charge on any atom is -0.489 e. The second kappa shape index (κ2) is 9.92. The van der Waals surface area contributed by atoms with Crippen LogP contribution in [0.5, 0.6) is 5.75 Å². The van der Waals surface area contributed by atoms with Gasteiger partial charge in [-0.1, -0.05) is 30.3 Å². The fraction of sp³-hybridized carbons (Fsp3) is 0.310. The number of carbonyl (C=O) groups excluding carboxylic acids is 1. The first-order valence-electron chi connectivity index (χ1n) is 12.2. The van der Waals surface area contributed by atoms with Crippen LogP contribution in [0.3, 0.4) is 0 Å². The number of pyridine rings is 1. The van der Waals surface area contributed by atoms with E-state index in [-0.39, 0.29) is 12.0 Å². The molecule has 2 aromatic heterocycles. The molecule has 6 nitrogen and oxygen atoms in total. The number of nitrogens with zero attached hydrogens (tertiary/aromatic N) is 4. The highest BCUT2D eigenvalue weighted by molar-refractivity contribution is 5.98. The Kier molecular flexibility index (Phi) is 6.55. The number of ether oxygens (including phenoxy) is 1. The normalized spacial score (nSPS) is 15.7. The maximum absolute atomic E-state index is 12.3. The van der Waals surface area contributed by atoms with Crippen molar-refractivity contribution in [3.8, 4) is 11.6 Å². The predicted octanol–water partition coefficient (Wildman–Crippen LogP) is 5.33. The Balaban J connectivity index is 1.21. The van der Waals surface area contributed by atoms with E-state index in [1.54, 1.807) is 19.0 Å². The Morgan fingerprint density at radius 2 is 1.80 bits per heavy atom. The lowest BCUT2D eigenvalue weighted by atomic mass is 10.0. The number of aromatic nitrogens is 2. The van der Waals surface area contributed by atoms with E-state index in [0.29, 0.717) is 11.6 Å². The zero-order valence-corrected chi connectivity index (χ0v) is 20.6. The number of likely N-dealkylation sites (tertiary alicyclic amines) is 1. The summed E-state index contributed by atoms with van der Waals surface area (Å²) in [5, 5.41) is 1.01. The Bertz CT molecular complexity index is 1290. The van der Waals surface area contributed by atoms with Gasteiger partial charge in [0.25, 0.3) is 5.91 Å². The lowest BCUT2D eigenvalue weighted by Gasteiger charge is -2.36. The van der Waals surface area contributed by atoms with Gasteiger partial charge in [0.05, 0.1) is 11.7 Å². The van der Waals surface area contributed by atoms with Gasteiger partial charge in [0.1, 0.15) is 17.7 Å². The lowest BCUT2D eigenvalue weighted by Crippen LogP contribution is -2.39. The van der Waals surface area contributed by atoms with Gasteiger partial charge in [-0.05, 0) is 61.7 Å². The molecule has 2 aromatic carbocycles. The molecule has 35 heavy (non-hydrogen) atoms. The summed E-state index contributed by atoms with van der Waals surface area (Å²) < 4.78 is 8.31. The Labute approximate surface area is 206 Å². The molecule has 0 saturated carbocycles. The van der Waals surface area contributed by atoms with E-state index in [9.17, 15) is 4.79 Å². The number of piperidine rings is 1. The van der Waals surface area contributed by atoms with Crippen molar-refractivity contribution >= 4 is 16.8 Å². The number of hydrogen-bond donors (Lipinski definition) is 0. The molecule has 3 heterocycles. The summed E-state index contributed by atoms with van der Waals surface area (Å²) in [5.74, 6) is 1.63. The van der Waals surface area contributed by atoms with Crippen LogP contribution in [0.4, 0.5) is 0 Å². The van der Waals surface area contributed by atoms with E-state index in [0.717, 1.165) is 48.4 Å². The number of fused-ring (bicyclic) bond motifs is 1. The standard InChI is InChI=1S/C29H32N4O2/c1-21(22-7-5-4-6-8-22)32-16-14-25(15-17-32)35-26-10-12-28(30-20-26)33-18-13-23-19-24(9-11-27(23)33)29(34)31(2)3/h4-13,18-21,25H,14-17H2,1-3H3. The fourth-order valence-electron chi connectivity index (χ4n) is 4.83. The van der Waals surface area contributed by atoms with Gasteiger partial charge in [0.2, 0.25) is 0 Å². The van der Waals surface area contributed by atoms with E-state index in [4.69, 9.17) is 4.74 Å². The number of benzene rings is 2. The van der Waals surface area contributed by atoms with E-state index >= 15 is 0 Å². The number of rotatable bonds is 6. The molecule has 0 N–H and O–H groups in total. The molecule has 180 valence electrons. The third-order valence-corrected chi connectivity index (χ3v) is 6.92. The molecule has 1 aliphatic heterocycles. The molecule has 5 rings (SSSR count). The molecule has 1 atom stereocenters. The van der Waals surface area contributed by atoms with Crippen molar-refractivity contribution in [2.75, 3.05) is 27.2 Å². The van der Waals surface area contributed by atoms with E-state index in [1.807, 2.05) is 53.4 Å². The van der Waals surface area contributed by atoms with Crippen molar-refractivity contribution in [2.24, 2.45) is 0 Å². The molecule has 4 aromatic rings. The zero-order valence-electron chi connectivity index (χ0n) is 20.6. The maximum Gasteiger partial charge on any atom is 0.253 e. The highest BCUT2D eigenvalue weighted by atomic mass is 16.5. The Morgan fingerprint density at radius 3 is 2.49 bits per heavy atom. The number of carbonyl (C=O) groups is 1.